The molecule has 8 heteroatoms. The smallest absolute Gasteiger partial charge is 0.339 e. The number of aliphatic carboxylic acids is 1. The molecule has 0 aromatic carbocycles. The van der Waals surface area contributed by atoms with Crippen molar-refractivity contribution in [1.29, 1.82) is 0 Å². The first-order chi connectivity index (χ1) is 7.08. The van der Waals surface area contributed by atoms with Gasteiger partial charge in [-0.2, -0.15) is 0 Å². The van der Waals surface area contributed by atoms with E-state index in [4.69, 9.17) is 5.11 Å². The van der Waals surface area contributed by atoms with Crippen LogP contribution in [0.5, 0.6) is 0 Å². The van der Waals surface area contributed by atoms with E-state index in [9.17, 15) is 14.4 Å². The lowest BCUT2D eigenvalue weighted by Crippen LogP contribution is -2.43. The van der Waals surface area contributed by atoms with Gasteiger partial charge in [-0.05, 0) is 0 Å². The number of hydrogen-bond donors (Lipinski definition) is 4. The Balaban J connectivity index is 2.13. The number of nitrogens with one attached hydrogen (secondary N) is 3. The normalized spacial score (nSPS) is 19.5. The maximum atomic E-state index is 11.0. The van der Waals surface area contributed by atoms with E-state index in [-0.39, 0.29) is 18.4 Å². The van der Waals surface area contributed by atoms with Gasteiger partial charge in [-0.15, -0.1) is 0 Å². The molecule has 1 rings (SSSR count). The van der Waals surface area contributed by atoms with Crippen molar-refractivity contribution < 1.29 is 24.3 Å². The van der Waals surface area contributed by atoms with Gasteiger partial charge in [0.2, 0.25) is 5.91 Å². The minimum atomic E-state index is -1.19. The average molecular weight is 217 g/mol. The summed E-state index contributed by atoms with van der Waals surface area (Å²) in [6.07, 6.45) is 0.215. The SMILES string of the molecule is O=C(O)CONC(=O)NC1CNC(=O)C1. The largest absolute Gasteiger partial charge is 0.479 e. The number of carboxylic acid groups (broad SMARTS) is 1. The standard InChI is InChI=1S/C7H11N3O5/c11-5-1-4(2-8-5)9-7(14)10-15-3-6(12)13/h4H,1-3H2,(H,8,11)(H,12,13)(H2,9,10,14). The van der Waals surface area contributed by atoms with E-state index in [1.807, 2.05) is 5.48 Å². The summed E-state index contributed by atoms with van der Waals surface area (Å²) in [7, 11) is 0. The molecule has 1 fully saturated rings. The summed E-state index contributed by atoms with van der Waals surface area (Å²) in [5, 5.41) is 13.2. The Labute approximate surface area is 84.9 Å². The molecular formula is C7H11N3O5. The van der Waals surface area contributed by atoms with Crippen LogP contribution in [0.3, 0.4) is 0 Å². The molecule has 0 spiro atoms. The molecule has 0 saturated carbocycles. The summed E-state index contributed by atoms with van der Waals surface area (Å²) in [4.78, 5) is 36.1. The number of urea groups is 1. The molecule has 1 heterocycles. The molecule has 1 saturated heterocycles. The van der Waals surface area contributed by atoms with Crippen LogP contribution in [-0.4, -0.2) is 42.2 Å². The molecule has 0 aromatic heterocycles. The molecule has 84 valence electrons. The van der Waals surface area contributed by atoms with Crippen molar-refractivity contribution in [2.45, 2.75) is 12.5 Å². The van der Waals surface area contributed by atoms with E-state index in [0.29, 0.717) is 6.54 Å². The zero-order chi connectivity index (χ0) is 11.3. The fourth-order valence-corrected chi connectivity index (χ4v) is 1.09. The highest BCUT2D eigenvalue weighted by molar-refractivity contribution is 5.81. The van der Waals surface area contributed by atoms with E-state index in [1.54, 1.807) is 0 Å². The molecule has 8 nitrogen and oxygen atoms in total. The van der Waals surface area contributed by atoms with Crippen LogP contribution in [0.15, 0.2) is 0 Å². The van der Waals surface area contributed by atoms with Crippen LogP contribution in [0.25, 0.3) is 0 Å². The Morgan fingerprint density at radius 2 is 2.33 bits per heavy atom. The Kier molecular flexibility index (Phi) is 3.86. The molecule has 1 aliphatic rings. The first kappa shape index (κ1) is 11.2. The third kappa shape index (κ3) is 4.27. The highest BCUT2D eigenvalue weighted by Crippen LogP contribution is 1.98. The van der Waals surface area contributed by atoms with Crippen LogP contribution in [0.1, 0.15) is 6.42 Å². The van der Waals surface area contributed by atoms with Crippen LogP contribution in [-0.2, 0) is 14.4 Å². The fourth-order valence-electron chi connectivity index (χ4n) is 1.09. The van der Waals surface area contributed by atoms with Crippen LogP contribution in [0.4, 0.5) is 4.79 Å². The summed E-state index contributed by atoms with van der Waals surface area (Å²) in [6, 6.07) is -0.955. The van der Waals surface area contributed by atoms with E-state index < -0.39 is 18.6 Å². The number of hydroxylamine groups is 1. The van der Waals surface area contributed by atoms with Gasteiger partial charge in [0.1, 0.15) is 0 Å². The molecule has 0 radical (unpaired) electrons. The molecule has 0 bridgehead atoms. The van der Waals surface area contributed by atoms with Gasteiger partial charge < -0.3 is 15.7 Å². The molecule has 4 N–H and O–H groups in total. The fraction of sp³-hybridized carbons (Fsp3) is 0.571. The predicted molar refractivity (Wildman–Crippen MR) is 46.7 cm³/mol. The topological polar surface area (TPSA) is 117 Å². The minimum absolute atomic E-state index is 0.133. The van der Waals surface area contributed by atoms with E-state index >= 15 is 0 Å². The lowest BCUT2D eigenvalue weighted by Gasteiger charge is -2.10. The third-order valence-corrected chi connectivity index (χ3v) is 1.67. The van der Waals surface area contributed by atoms with Crippen LogP contribution < -0.4 is 16.1 Å². The van der Waals surface area contributed by atoms with Crippen LogP contribution in [0, 0.1) is 0 Å². The first-order valence-electron chi connectivity index (χ1n) is 4.24. The van der Waals surface area contributed by atoms with Crippen LogP contribution >= 0.6 is 0 Å². The molecular weight excluding hydrogens is 206 g/mol. The minimum Gasteiger partial charge on any atom is -0.479 e. The number of amides is 3. The van der Waals surface area contributed by atoms with Crippen molar-refractivity contribution in [3.05, 3.63) is 0 Å². The molecule has 1 unspecified atom stereocenters. The van der Waals surface area contributed by atoms with E-state index in [0.717, 1.165) is 0 Å². The van der Waals surface area contributed by atoms with E-state index in [1.165, 1.54) is 0 Å². The highest BCUT2D eigenvalue weighted by atomic mass is 16.7. The van der Waals surface area contributed by atoms with Gasteiger partial charge in [-0.3, -0.25) is 9.63 Å². The quantitative estimate of drug-likeness (QED) is 0.414. The maximum absolute atomic E-state index is 11.0. The van der Waals surface area contributed by atoms with Crippen molar-refractivity contribution >= 4 is 17.9 Å². The Morgan fingerprint density at radius 3 is 2.87 bits per heavy atom. The van der Waals surface area contributed by atoms with Crippen molar-refractivity contribution in [3.8, 4) is 0 Å². The number of hydrogen-bond acceptors (Lipinski definition) is 4. The number of rotatable bonds is 4. The summed E-state index contributed by atoms with van der Waals surface area (Å²) in [5.74, 6) is -1.32. The third-order valence-electron chi connectivity index (χ3n) is 1.67. The second-order valence-electron chi connectivity index (χ2n) is 2.96. The number of carboxylic acids is 1. The first-order valence-corrected chi connectivity index (χ1v) is 4.24. The molecule has 0 aliphatic carbocycles. The molecule has 1 atom stereocenters. The van der Waals surface area contributed by atoms with Gasteiger partial charge in [-0.1, -0.05) is 0 Å². The number of carbonyl (C=O) groups is 3. The predicted octanol–water partition coefficient (Wildman–Crippen LogP) is -1.81. The molecule has 15 heavy (non-hydrogen) atoms. The lowest BCUT2D eigenvalue weighted by atomic mass is 10.3. The summed E-state index contributed by atoms with van der Waals surface area (Å²) in [6.45, 7) is -0.250. The van der Waals surface area contributed by atoms with Gasteiger partial charge >= 0.3 is 12.0 Å². The monoisotopic (exact) mass is 217 g/mol. The van der Waals surface area contributed by atoms with Crippen molar-refractivity contribution in [2.24, 2.45) is 0 Å². The van der Waals surface area contributed by atoms with Gasteiger partial charge in [-0.25, -0.2) is 15.1 Å². The lowest BCUT2D eigenvalue weighted by molar-refractivity contribution is -0.144. The highest BCUT2D eigenvalue weighted by Gasteiger charge is 2.22. The van der Waals surface area contributed by atoms with Crippen molar-refractivity contribution in [1.82, 2.24) is 16.1 Å². The second-order valence-corrected chi connectivity index (χ2v) is 2.96. The Hall–Kier alpha value is -1.83. The summed E-state index contributed by atoms with van der Waals surface area (Å²) < 4.78 is 0. The average Bonchev–Trinajstić information content (AvgIpc) is 2.50. The zero-order valence-corrected chi connectivity index (χ0v) is 7.78. The van der Waals surface area contributed by atoms with Gasteiger partial charge in [0.05, 0.1) is 6.04 Å². The van der Waals surface area contributed by atoms with Crippen molar-refractivity contribution in [2.75, 3.05) is 13.2 Å². The molecule has 1 aliphatic heterocycles. The zero-order valence-electron chi connectivity index (χ0n) is 7.78. The van der Waals surface area contributed by atoms with Gasteiger partial charge in [0.15, 0.2) is 6.61 Å². The van der Waals surface area contributed by atoms with Gasteiger partial charge in [0.25, 0.3) is 0 Å². The maximum Gasteiger partial charge on any atom is 0.339 e. The van der Waals surface area contributed by atoms with Crippen molar-refractivity contribution in [3.63, 3.8) is 0 Å². The summed E-state index contributed by atoms with van der Waals surface area (Å²) >= 11 is 0. The van der Waals surface area contributed by atoms with E-state index in [2.05, 4.69) is 15.5 Å². The summed E-state index contributed by atoms with van der Waals surface area (Å²) in [5.41, 5.74) is 1.89. The Bertz CT molecular complexity index is 280. The van der Waals surface area contributed by atoms with Gasteiger partial charge in [0, 0.05) is 13.0 Å². The Morgan fingerprint density at radius 1 is 1.60 bits per heavy atom. The number of carbonyl (C=O) groups excluding carboxylic acids is 2. The molecule has 0 aromatic rings. The van der Waals surface area contributed by atoms with Crippen LogP contribution in [0.2, 0.25) is 0 Å². The molecule has 3 amide bonds. The second kappa shape index (κ2) is 5.15.